The number of amides is 2. The number of hydrogen-bond acceptors (Lipinski definition) is 4. The van der Waals surface area contributed by atoms with Crippen LogP contribution in [0.1, 0.15) is 25.5 Å². The van der Waals surface area contributed by atoms with Crippen molar-refractivity contribution in [3.05, 3.63) is 71.6 Å². The molecule has 0 bridgehead atoms. The van der Waals surface area contributed by atoms with Crippen molar-refractivity contribution in [3.8, 4) is 5.75 Å². The third-order valence-corrected chi connectivity index (χ3v) is 5.15. The highest BCUT2D eigenvalue weighted by Crippen LogP contribution is 2.44. The van der Waals surface area contributed by atoms with Crippen LogP contribution in [0.2, 0.25) is 5.28 Å². The maximum atomic E-state index is 13.8. The summed E-state index contributed by atoms with van der Waals surface area (Å²) in [5, 5.41) is 0.109. The number of ether oxygens (including phenoxy) is 1. The molecule has 0 N–H and O–H groups in total. The minimum absolute atomic E-state index is 0.109. The summed E-state index contributed by atoms with van der Waals surface area (Å²) in [6.45, 7) is 4.15. The van der Waals surface area contributed by atoms with Crippen LogP contribution >= 0.6 is 11.6 Å². The van der Waals surface area contributed by atoms with E-state index in [-0.39, 0.29) is 23.3 Å². The number of anilines is 3. The lowest BCUT2D eigenvalue weighted by Crippen LogP contribution is -2.49. The zero-order valence-corrected chi connectivity index (χ0v) is 17.2. The van der Waals surface area contributed by atoms with Gasteiger partial charge in [0, 0.05) is 17.4 Å². The molecule has 7 heteroatoms. The van der Waals surface area contributed by atoms with Gasteiger partial charge in [-0.2, -0.15) is 4.98 Å². The molecule has 1 aromatic heterocycles. The van der Waals surface area contributed by atoms with Crippen LogP contribution in [0.4, 0.5) is 22.0 Å². The monoisotopic (exact) mass is 408 g/mol. The number of aromatic nitrogens is 2. The Balaban J connectivity index is 1.93. The molecule has 2 heterocycles. The molecule has 6 nitrogen and oxygen atoms in total. The Morgan fingerprint density at radius 2 is 1.72 bits per heavy atom. The zero-order chi connectivity index (χ0) is 20.5. The van der Waals surface area contributed by atoms with Gasteiger partial charge < -0.3 is 4.74 Å². The number of methoxy groups -OCH3 is 1. The van der Waals surface area contributed by atoms with E-state index in [1.165, 1.54) is 0 Å². The Hall–Kier alpha value is -3.12. The van der Waals surface area contributed by atoms with E-state index in [4.69, 9.17) is 16.3 Å². The molecule has 1 unspecified atom stereocenters. The number of carbonyl (C=O) groups excluding carboxylic acids is 1. The maximum absolute atomic E-state index is 13.8. The van der Waals surface area contributed by atoms with Crippen molar-refractivity contribution < 1.29 is 9.53 Å². The van der Waals surface area contributed by atoms with Crippen molar-refractivity contribution in [2.24, 2.45) is 5.92 Å². The smallest absolute Gasteiger partial charge is 0.335 e. The molecule has 2 aromatic carbocycles. The van der Waals surface area contributed by atoms with Gasteiger partial charge in [0.25, 0.3) is 0 Å². The van der Waals surface area contributed by atoms with Gasteiger partial charge in [0.1, 0.15) is 5.75 Å². The average Bonchev–Trinajstić information content (AvgIpc) is 2.73. The number of carbonyl (C=O) groups is 1. The van der Waals surface area contributed by atoms with Crippen molar-refractivity contribution in [1.82, 2.24) is 9.97 Å². The van der Waals surface area contributed by atoms with Crippen molar-refractivity contribution in [1.29, 1.82) is 0 Å². The minimum atomic E-state index is -0.233. The number of fused-ring (bicyclic) bond motifs is 1. The first-order chi connectivity index (χ1) is 14.0. The molecule has 2 amide bonds. The molecule has 0 aliphatic carbocycles. The first-order valence-corrected chi connectivity index (χ1v) is 9.74. The van der Waals surface area contributed by atoms with E-state index in [9.17, 15) is 4.79 Å². The highest BCUT2D eigenvalue weighted by molar-refractivity contribution is 6.28. The van der Waals surface area contributed by atoms with E-state index in [0.717, 1.165) is 17.0 Å². The standard InChI is InChI=1S/C22H21ClN4O2/c1-14(2)19-18-13-24-21(23)25-20(18)27(15-7-5-4-6-8-15)22(28)26(19)16-9-11-17(29-3)12-10-16/h4-14,19H,1-3H3. The molecule has 29 heavy (non-hydrogen) atoms. The number of para-hydroxylation sites is 1. The van der Waals surface area contributed by atoms with Gasteiger partial charge in [-0.1, -0.05) is 32.0 Å². The number of nitrogens with zero attached hydrogens (tertiary/aromatic N) is 4. The number of benzene rings is 2. The Morgan fingerprint density at radius 1 is 1.03 bits per heavy atom. The van der Waals surface area contributed by atoms with Crippen molar-refractivity contribution in [3.63, 3.8) is 0 Å². The predicted molar refractivity (Wildman–Crippen MR) is 114 cm³/mol. The number of halogens is 1. The second-order valence-corrected chi connectivity index (χ2v) is 7.47. The molecular weight excluding hydrogens is 388 g/mol. The maximum Gasteiger partial charge on any atom is 0.335 e. The van der Waals surface area contributed by atoms with E-state index < -0.39 is 0 Å². The molecule has 3 aromatic rings. The Kier molecular flexibility index (Phi) is 5.11. The number of urea groups is 1. The molecule has 0 saturated heterocycles. The third kappa shape index (κ3) is 3.40. The van der Waals surface area contributed by atoms with Gasteiger partial charge in [0.05, 0.1) is 18.8 Å². The molecule has 0 saturated carbocycles. The first-order valence-electron chi connectivity index (χ1n) is 9.36. The lowest BCUT2D eigenvalue weighted by Gasteiger charge is -2.43. The van der Waals surface area contributed by atoms with Gasteiger partial charge in [0.2, 0.25) is 5.28 Å². The summed E-state index contributed by atoms with van der Waals surface area (Å²) < 4.78 is 5.27. The van der Waals surface area contributed by atoms with Crippen LogP contribution in [-0.2, 0) is 0 Å². The summed E-state index contributed by atoms with van der Waals surface area (Å²) in [6.07, 6.45) is 1.72. The summed E-state index contributed by atoms with van der Waals surface area (Å²) in [5.74, 6) is 1.38. The lowest BCUT2D eigenvalue weighted by molar-refractivity contribution is 0.247. The lowest BCUT2D eigenvalue weighted by atomic mass is 9.93. The van der Waals surface area contributed by atoms with Gasteiger partial charge in [-0.25, -0.2) is 14.7 Å². The largest absolute Gasteiger partial charge is 0.497 e. The molecule has 1 aliphatic heterocycles. The number of rotatable bonds is 4. The summed E-state index contributed by atoms with van der Waals surface area (Å²) in [6, 6.07) is 16.5. The van der Waals surface area contributed by atoms with Crippen LogP contribution < -0.4 is 14.5 Å². The predicted octanol–water partition coefficient (Wildman–Crippen LogP) is 5.61. The van der Waals surface area contributed by atoms with Gasteiger partial charge in [-0.3, -0.25) is 4.90 Å². The minimum Gasteiger partial charge on any atom is -0.497 e. The second-order valence-electron chi connectivity index (χ2n) is 7.13. The highest BCUT2D eigenvalue weighted by atomic mass is 35.5. The molecule has 4 rings (SSSR count). The van der Waals surface area contributed by atoms with Crippen LogP contribution in [-0.4, -0.2) is 23.1 Å². The molecule has 0 fully saturated rings. The molecule has 1 atom stereocenters. The van der Waals surface area contributed by atoms with Gasteiger partial charge in [-0.15, -0.1) is 0 Å². The van der Waals surface area contributed by atoms with Gasteiger partial charge >= 0.3 is 6.03 Å². The zero-order valence-electron chi connectivity index (χ0n) is 16.4. The summed E-state index contributed by atoms with van der Waals surface area (Å²) in [7, 11) is 1.62. The summed E-state index contributed by atoms with van der Waals surface area (Å²) in [4.78, 5) is 25.8. The fraction of sp³-hybridized carbons (Fsp3) is 0.227. The Morgan fingerprint density at radius 3 is 2.34 bits per heavy atom. The van der Waals surface area contributed by atoms with Crippen LogP contribution in [0.5, 0.6) is 5.75 Å². The van der Waals surface area contributed by atoms with E-state index in [1.807, 2.05) is 54.6 Å². The van der Waals surface area contributed by atoms with Crippen LogP contribution in [0.15, 0.2) is 60.8 Å². The highest BCUT2D eigenvalue weighted by Gasteiger charge is 2.42. The fourth-order valence-corrected chi connectivity index (χ4v) is 3.82. The van der Waals surface area contributed by atoms with E-state index in [2.05, 4.69) is 23.8 Å². The topological polar surface area (TPSA) is 58.6 Å². The average molecular weight is 409 g/mol. The van der Waals surface area contributed by atoms with Gasteiger partial charge in [-0.05, 0) is 53.9 Å². The van der Waals surface area contributed by atoms with Crippen LogP contribution in [0.3, 0.4) is 0 Å². The third-order valence-electron chi connectivity index (χ3n) is 4.97. The van der Waals surface area contributed by atoms with Crippen LogP contribution in [0, 0.1) is 5.92 Å². The normalized spacial score (nSPS) is 16.2. The second kappa shape index (κ2) is 7.72. The Labute approximate surface area is 174 Å². The van der Waals surface area contributed by atoms with Crippen molar-refractivity contribution in [2.75, 3.05) is 16.9 Å². The Bertz CT molecular complexity index is 1020. The first kappa shape index (κ1) is 19.2. The summed E-state index contributed by atoms with van der Waals surface area (Å²) >= 11 is 6.10. The van der Waals surface area contributed by atoms with Crippen molar-refractivity contribution >= 4 is 34.8 Å². The quantitative estimate of drug-likeness (QED) is 0.526. The SMILES string of the molecule is COc1ccc(N2C(=O)N(c3ccccc3)c3nc(Cl)ncc3C2C(C)C)cc1. The molecular formula is C22H21ClN4O2. The molecule has 1 aliphatic rings. The van der Waals surface area contributed by atoms with E-state index in [0.29, 0.717) is 11.5 Å². The molecule has 0 spiro atoms. The van der Waals surface area contributed by atoms with Crippen LogP contribution in [0.25, 0.3) is 0 Å². The van der Waals surface area contributed by atoms with E-state index in [1.54, 1.807) is 23.1 Å². The molecule has 0 radical (unpaired) electrons. The molecule has 148 valence electrons. The van der Waals surface area contributed by atoms with Crippen molar-refractivity contribution in [2.45, 2.75) is 19.9 Å². The summed E-state index contributed by atoms with van der Waals surface area (Å²) in [5.41, 5.74) is 2.34. The number of hydrogen-bond donors (Lipinski definition) is 0. The van der Waals surface area contributed by atoms with E-state index >= 15 is 0 Å². The van der Waals surface area contributed by atoms with Gasteiger partial charge in [0.15, 0.2) is 5.82 Å². The fourth-order valence-electron chi connectivity index (χ4n) is 3.69.